The van der Waals surface area contributed by atoms with Crippen LogP contribution in [0.5, 0.6) is 17.2 Å². The average molecular weight is 358 g/mol. The quantitative estimate of drug-likeness (QED) is 0.678. The normalized spacial score (nSPS) is 10.7. The predicted molar refractivity (Wildman–Crippen MR) is 94.7 cm³/mol. The number of phenolic OH excluding ortho intramolecular Hbond substituents is 1. The highest BCUT2D eigenvalue weighted by atomic mass is 32.2. The number of phenols is 1. The highest BCUT2D eigenvalue weighted by Crippen LogP contribution is 2.33. The maximum absolute atomic E-state index is 9.41. The molecule has 0 atom stereocenters. The Bertz CT molecular complexity index is 865. The molecule has 0 aliphatic carbocycles. The highest BCUT2D eigenvalue weighted by Gasteiger charge is 2.13. The number of aromatic nitrogens is 4. The number of rotatable bonds is 6. The first-order chi connectivity index (χ1) is 12.1. The monoisotopic (exact) mass is 358 g/mol. The van der Waals surface area contributed by atoms with Crippen molar-refractivity contribution in [3.8, 4) is 22.9 Å². The summed E-state index contributed by atoms with van der Waals surface area (Å²) in [5, 5.41) is 21.9. The minimum absolute atomic E-state index is 0.201. The molecule has 130 valence electrons. The van der Waals surface area contributed by atoms with Crippen LogP contribution in [0.15, 0.2) is 41.6 Å². The Hall–Kier alpha value is -2.74. The third kappa shape index (κ3) is 3.69. The van der Waals surface area contributed by atoms with Crippen LogP contribution in [-0.4, -0.2) is 39.5 Å². The molecule has 8 heteroatoms. The molecule has 3 aromatic rings. The topological polar surface area (TPSA) is 82.3 Å². The number of methoxy groups -OCH3 is 2. The van der Waals surface area contributed by atoms with Gasteiger partial charge in [-0.3, -0.25) is 0 Å². The molecule has 0 aliphatic rings. The van der Waals surface area contributed by atoms with E-state index < -0.39 is 0 Å². The first kappa shape index (κ1) is 17.1. The number of hydrogen-bond donors (Lipinski definition) is 1. The van der Waals surface area contributed by atoms with Crippen LogP contribution in [-0.2, 0) is 5.75 Å². The van der Waals surface area contributed by atoms with Gasteiger partial charge in [-0.25, -0.2) is 0 Å². The Labute approximate surface area is 149 Å². The summed E-state index contributed by atoms with van der Waals surface area (Å²) < 4.78 is 12.3. The van der Waals surface area contributed by atoms with Crippen LogP contribution >= 0.6 is 11.8 Å². The van der Waals surface area contributed by atoms with Crippen molar-refractivity contribution in [2.75, 3.05) is 14.2 Å². The van der Waals surface area contributed by atoms with Gasteiger partial charge in [-0.15, -0.1) is 5.10 Å². The van der Waals surface area contributed by atoms with Gasteiger partial charge >= 0.3 is 0 Å². The van der Waals surface area contributed by atoms with Crippen LogP contribution < -0.4 is 9.47 Å². The lowest BCUT2D eigenvalue weighted by Crippen LogP contribution is -1.99. The number of nitrogens with zero attached hydrogens (tertiary/aromatic N) is 4. The van der Waals surface area contributed by atoms with Crippen LogP contribution in [0.25, 0.3) is 5.69 Å². The summed E-state index contributed by atoms with van der Waals surface area (Å²) >= 11 is 1.52. The molecule has 0 saturated heterocycles. The average Bonchev–Trinajstić information content (AvgIpc) is 3.09. The van der Waals surface area contributed by atoms with Gasteiger partial charge in [0.15, 0.2) is 11.5 Å². The van der Waals surface area contributed by atoms with E-state index in [4.69, 9.17) is 9.47 Å². The van der Waals surface area contributed by atoms with Gasteiger partial charge in [0.25, 0.3) is 0 Å². The summed E-state index contributed by atoms with van der Waals surface area (Å²) in [7, 11) is 3.24. The zero-order chi connectivity index (χ0) is 17.8. The van der Waals surface area contributed by atoms with E-state index in [9.17, 15) is 5.11 Å². The molecule has 0 aliphatic heterocycles. The molecular formula is C17H18N4O3S. The maximum Gasteiger partial charge on any atom is 0.214 e. The summed E-state index contributed by atoms with van der Waals surface area (Å²) in [6.45, 7) is 2.03. The second-order valence-corrected chi connectivity index (χ2v) is 6.25. The molecule has 0 saturated carbocycles. The van der Waals surface area contributed by atoms with E-state index in [1.54, 1.807) is 43.2 Å². The molecule has 2 aromatic carbocycles. The Morgan fingerprint density at radius 1 is 1.08 bits per heavy atom. The van der Waals surface area contributed by atoms with E-state index in [-0.39, 0.29) is 5.75 Å². The molecule has 1 N–H and O–H groups in total. The Morgan fingerprint density at radius 3 is 2.44 bits per heavy atom. The zero-order valence-corrected chi connectivity index (χ0v) is 14.9. The summed E-state index contributed by atoms with van der Waals surface area (Å²) in [5.41, 5.74) is 3.01. The standard InChI is InChI=1S/C17H18N4O3S/c1-11-8-15(23-2)16(24-3)9-12(11)10-25-17-18-19-20-21(17)13-4-6-14(22)7-5-13/h4-9,22H,10H2,1-3H3. The summed E-state index contributed by atoms with van der Waals surface area (Å²) in [6.07, 6.45) is 0. The lowest BCUT2D eigenvalue weighted by Gasteiger charge is -2.12. The SMILES string of the molecule is COc1cc(C)c(CSc2nnnn2-c2ccc(O)cc2)cc1OC. The Balaban J connectivity index is 1.81. The van der Waals surface area contributed by atoms with Gasteiger partial charge in [0.2, 0.25) is 5.16 Å². The zero-order valence-electron chi connectivity index (χ0n) is 14.1. The fourth-order valence-corrected chi connectivity index (χ4v) is 3.30. The number of hydrogen-bond acceptors (Lipinski definition) is 7. The predicted octanol–water partition coefficient (Wildman–Crippen LogP) is 2.99. The lowest BCUT2D eigenvalue weighted by atomic mass is 10.1. The number of thioether (sulfide) groups is 1. The molecule has 3 rings (SSSR count). The van der Waals surface area contributed by atoms with E-state index in [0.29, 0.717) is 22.4 Å². The molecule has 1 aromatic heterocycles. The van der Waals surface area contributed by atoms with E-state index in [1.807, 2.05) is 19.1 Å². The van der Waals surface area contributed by atoms with Crippen LogP contribution in [0.4, 0.5) is 0 Å². The van der Waals surface area contributed by atoms with Gasteiger partial charge in [-0.05, 0) is 64.9 Å². The van der Waals surface area contributed by atoms with Crippen molar-refractivity contribution in [2.45, 2.75) is 17.8 Å². The molecule has 0 unspecified atom stereocenters. The number of aryl methyl sites for hydroxylation is 1. The van der Waals surface area contributed by atoms with Crippen LogP contribution in [0, 0.1) is 6.92 Å². The lowest BCUT2D eigenvalue weighted by molar-refractivity contribution is 0.354. The second-order valence-electron chi connectivity index (χ2n) is 5.31. The molecule has 0 spiro atoms. The van der Waals surface area contributed by atoms with E-state index in [0.717, 1.165) is 16.8 Å². The summed E-state index contributed by atoms with van der Waals surface area (Å²) in [4.78, 5) is 0. The van der Waals surface area contributed by atoms with Crippen LogP contribution in [0.3, 0.4) is 0 Å². The van der Waals surface area contributed by atoms with E-state index in [1.165, 1.54) is 11.8 Å². The molecule has 0 fully saturated rings. The molecule has 0 radical (unpaired) electrons. The molecule has 25 heavy (non-hydrogen) atoms. The molecule has 1 heterocycles. The molecular weight excluding hydrogens is 340 g/mol. The summed E-state index contributed by atoms with van der Waals surface area (Å²) in [5.74, 6) is 2.29. The van der Waals surface area contributed by atoms with Crippen molar-refractivity contribution in [2.24, 2.45) is 0 Å². The minimum Gasteiger partial charge on any atom is -0.508 e. The second kappa shape index (κ2) is 7.43. The molecule has 7 nitrogen and oxygen atoms in total. The molecule has 0 bridgehead atoms. The van der Waals surface area contributed by atoms with Gasteiger partial charge in [0.1, 0.15) is 5.75 Å². The number of benzene rings is 2. The Kier molecular flexibility index (Phi) is 5.08. The number of ether oxygens (including phenoxy) is 2. The minimum atomic E-state index is 0.201. The van der Waals surface area contributed by atoms with Gasteiger partial charge in [0, 0.05) is 5.75 Å². The highest BCUT2D eigenvalue weighted by molar-refractivity contribution is 7.98. The molecule has 0 amide bonds. The third-order valence-corrected chi connectivity index (χ3v) is 4.70. The van der Waals surface area contributed by atoms with Gasteiger partial charge in [-0.1, -0.05) is 11.8 Å². The smallest absolute Gasteiger partial charge is 0.214 e. The first-order valence-corrected chi connectivity index (χ1v) is 8.53. The fraction of sp³-hybridized carbons (Fsp3) is 0.235. The summed E-state index contributed by atoms with van der Waals surface area (Å²) in [6, 6.07) is 10.6. The van der Waals surface area contributed by atoms with Crippen molar-refractivity contribution in [1.82, 2.24) is 20.2 Å². The maximum atomic E-state index is 9.41. The number of tetrazole rings is 1. The van der Waals surface area contributed by atoms with Crippen LogP contribution in [0.2, 0.25) is 0 Å². The van der Waals surface area contributed by atoms with Crippen molar-refractivity contribution in [1.29, 1.82) is 0 Å². The van der Waals surface area contributed by atoms with Crippen LogP contribution in [0.1, 0.15) is 11.1 Å². The van der Waals surface area contributed by atoms with Gasteiger partial charge in [-0.2, -0.15) is 4.68 Å². The van der Waals surface area contributed by atoms with E-state index in [2.05, 4.69) is 15.5 Å². The van der Waals surface area contributed by atoms with Crippen molar-refractivity contribution >= 4 is 11.8 Å². The van der Waals surface area contributed by atoms with Crippen molar-refractivity contribution in [3.05, 3.63) is 47.5 Å². The largest absolute Gasteiger partial charge is 0.508 e. The third-order valence-electron chi connectivity index (χ3n) is 3.73. The Morgan fingerprint density at radius 2 is 1.76 bits per heavy atom. The number of aromatic hydroxyl groups is 1. The van der Waals surface area contributed by atoms with Crippen molar-refractivity contribution < 1.29 is 14.6 Å². The fourth-order valence-electron chi connectivity index (χ4n) is 2.35. The van der Waals surface area contributed by atoms with Gasteiger partial charge in [0.05, 0.1) is 19.9 Å². The van der Waals surface area contributed by atoms with Crippen molar-refractivity contribution in [3.63, 3.8) is 0 Å². The van der Waals surface area contributed by atoms with E-state index >= 15 is 0 Å². The first-order valence-electron chi connectivity index (χ1n) is 7.54. The van der Waals surface area contributed by atoms with Gasteiger partial charge < -0.3 is 14.6 Å².